The van der Waals surface area contributed by atoms with E-state index in [1.165, 1.54) is 6.26 Å². The summed E-state index contributed by atoms with van der Waals surface area (Å²) in [5.74, 6) is 0.872. The summed E-state index contributed by atoms with van der Waals surface area (Å²) in [5, 5.41) is 3.87. The van der Waals surface area contributed by atoms with E-state index < -0.39 is 0 Å². The quantitative estimate of drug-likeness (QED) is 0.653. The Morgan fingerprint density at radius 2 is 1.97 bits per heavy atom. The van der Waals surface area contributed by atoms with Crippen molar-refractivity contribution in [3.05, 3.63) is 70.5 Å². The van der Waals surface area contributed by atoms with Crippen LogP contribution in [-0.4, -0.2) is 44.2 Å². The van der Waals surface area contributed by atoms with Crippen LogP contribution in [-0.2, 0) is 4.74 Å². The number of nitrogens with zero attached hydrogens (tertiary/aromatic N) is 1. The topological polar surface area (TPSA) is 63.9 Å². The highest BCUT2D eigenvalue weighted by Gasteiger charge is 2.30. The lowest BCUT2D eigenvalue weighted by Crippen LogP contribution is -2.39. The second kappa shape index (κ2) is 8.82. The molecular formula is C22H24N2O4S. The first kappa shape index (κ1) is 19.7. The molecule has 1 N–H and O–H groups in total. The van der Waals surface area contributed by atoms with Crippen molar-refractivity contribution >= 4 is 22.2 Å². The number of anilines is 1. The average molecular weight is 413 g/mol. The molecule has 1 aromatic carbocycles. The van der Waals surface area contributed by atoms with Crippen LogP contribution in [0.2, 0.25) is 0 Å². The lowest BCUT2D eigenvalue weighted by Gasteiger charge is -2.35. The first-order valence-electron chi connectivity index (χ1n) is 9.57. The fourth-order valence-electron chi connectivity index (χ4n) is 3.70. The van der Waals surface area contributed by atoms with Crippen molar-refractivity contribution in [3.63, 3.8) is 0 Å². The number of hydrogen-bond acceptors (Lipinski definition) is 6. The molecule has 3 heterocycles. The summed E-state index contributed by atoms with van der Waals surface area (Å²) in [4.78, 5) is 16.1. The van der Waals surface area contributed by atoms with Gasteiger partial charge >= 0.3 is 0 Å². The fourth-order valence-corrected chi connectivity index (χ4v) is 4.64. The van der Waals surface area contributed by atoms with E-state index in [9.17, 15) is 4.79 Å². The Kier molecular flexibility index (Phi) is 5.99. The number of furan rings is 1. The summed E-state index contributed by atoms with van der Waals surface area (Å²) in [6.45, 7) is 5.04. The van der Waals surface area contributed by atoms with Crippen LogP contribution in [0.1, 0.15) is 32.6 Å². The summed E-state index contributed by atoms with van der Waals surface area (Å²) in [6, 6.07) is 13.5. The van der Waals surface area contributed by atoms with Gasteiger partial charge in [0.05, 0.1) is 32.6 Å². The Hall–Kier alpha value is -2.61. The fraction of sp³-hybridized carbons (Fsp3) is 0.318. The molecule has 7 heteroatoms. The molecule has 3 aromatic rings. The summed E-state index contributed by atoms with van der Waals surface area (Å²) in [7, 11) is 1.69. The third kappa shape index (κ3) is 4.22. The third-order valence-corrected chi connectivity index (χ3v) is 5.98. The molecule has 0 saturated carbocycles. The second-order valence-corrected chi connectivity index (χ2v) is 8.12. The van der Waals surface area contributed by atoms with Crippen LogP contribution in [0, 0.1) is 6.92 Å². The van der Waals surface area contributed by atoms with Gasteiger partial charge in [-0.1, -0.05) is 18.2 Å². The Labute approximate surface area is 174 Å². The van der Waals surface area contributed by atoms with Gasteiger partial charge in [0.1, 0.15) is 10.8 Å². The van der Waals surface area contributed by atoms with Crippen molar-refractivity contribution < 1.29 is 18.7 Å². The molecule has 1 atom stereocenters. The van der Waals surface area contributed by atoms with Gasteiger partial charge in [0.2, 0.25) is 0 Å². The zero-order valence-electron chi connectivity index (χ0n) is 16.5. The molecule has 0 spiro atoms. The minimum absolute atomic E-state index is 0.0492. The molecule has 0 unspecified atom stereocenters. The molecule has 1 saturated heterocycles. The summed E-state index contributed by atoms with van der Waals surface area (Å²) in [5.41, 5.74) is 2.13. The normalized spacial score (nSPS) is 15.8. The van der Waals surface area contributed by atoms with Crippen molar-refractivity contribution in [1.29, 1.82) is 0 Å². The maximum Gasteiger partial charge on any atom is 0.291 e. The maximum atomic E-state index is 12.6. The van der Waals surface area contributed by atoms with Crippen molar-refractivity contribution in [2.45, 2.75) is 13.0 Å². The number of carbonyl (C=O) groups is 1. The average Bonchev–Trinajstić information content (AvgIpc) is 3.40. The summed E-state index contributed by atoms with van der Waals surface area (Å²) >= 11 is 1.57. The van der Waals surface area contributed by atoms with Crippen molar-refractivity contribution in [2.24, 2.45) is 0 Å². The highest BCUT2D eigenvalue weighted by Crippen LogP contribution is 2.42. The van der Waals surface area contributed by atoms with E-state index in [1.807, 2.05) is 18.2 Å². The molecule has 0 bridgehead atoms. The van der Waals surface area contributed by atoms with Gasteiger partial charge in [-0.15, -0.1) is 11.3 Å². The SMILES string of the molecule is COc1ccccc1[C@H](c1cc(C)sc1NC(=O)c1ccco1)N1CCOCC1. The highest BCUT2D eigenvalue weighted by molar-refractivity contribution is 7.16. The van der Waals surface area contributed by atoms with Gasteiger partial charge in [-0.05, 0) is 31.2 Å². The number of rotatable bonds is 6. The first-order chi connectivity index (χ1) is 14.2. The van der Waals surface area contributed by atoms with Crippen LogP contribution in [0.4, 0.5) is 5.00 Å². The van der Waals surface area contributed by atoms with E-state index in [2.05, 4.69) is 29.3 Å². The van der Waals surface area contributed by atoms with Gasteiger partial charge in [-0.2, -0.15) is 0 Å². The van der Waals surface area contributed by atoms with E-state index in [-0.39, 0.29) is 11.9 Å². The highest BCUT2D eigenvalue weighted by atomic mass is 32.1. The molecule has 0 aliphatic carbocycles. The van der Waals surface area contributed by atoms with E-state index in [4.69, 9.17) is 13.9 Å². The number of thiophene rings is 1. The smallest absolute Gasteiger partial charge is 0.291 e. The van der Waals surface area contributed by atoms with Crippen LogP contribution in [0.5, 0.6) is 5.75 Å². The number of carbonyl (C=O) groups excluding carboxylic acids is 1. The lowest BCUT2D eigenvalue weighted by atomic mass is 9.97. The molecule has 1 aliphatic rings. The molecule has 2 aromatic heterocycles. The number of hydrogen-bond donors (Lipinski definition) is 1. The number of para-hydroxylation sites is 1. The molecule has 1 amide bonds. The third-order valence-electron chi connectivity index (χ3n) is 4.99. The van der Waals surface area contributed by atoms with Crippen LogP contribution >= 0.6 is 11.3 Å². The Morgan fingerprint density at radius 3 is 2.69 bits per heavy atom. The van der Waals surface area contributed by atoms with Gasteiger partial charge in [-0.25, -0.2) is 0 Å². The largest absolute Gasteiger partial charge is 0.496 e. The molecule has 29 heavy (non-hydrogen) atoms. The van der Waals surface area contributed by atoms with Crippen LogP contribution < -0.4 is 10.1 Å². The Bertz CT molecular complexity index is 961. The lowest BCUT2D eigenvalue weighted by molar-refractivity contribution is 0.0237. The number of ether oxygens (including phenoxy) is 2. The molecular weight excluding hydrogens is 388 g/mol. The number of nitrogens with one attached hydrogen (secondary N) is 1. The second-order valence-electron chi connectivity index (χ2n) is 6.87. The van der Waals surface area contributed by atoms with E-state index in [0.29, 0.717) is 19.0 Å². The van der Waals surface area contributed by atoms with E-state index in [0.717, 1.165) is 39.8 Å². The maximum absolute atomic E-state index is 12.6. The van der Waals surface area contributed by atoms with Crippen molar-refractivity contribution in [1.82, 2.24) is 4.90 Å². The Morgan fingerprint density at radius 1 is 1.17 bits per heavy atom. The number of aryl methyl sites for hydroxylation is 1. The van der Waals surface area contributed by atoms with E-state index in [1.54, 1.807) is 30.6 Å². The standard InChI is InChI=1S/C22H24N2O4S/c1-15-14-17(22(29-15)23-21(25)19-8-5-11-28-19)20(24-9-12-27-13-10-24)16-6-3-4-7-18(16)26-2/h3-8,11,14,20H,9-10,12-13H2,1-2H3,(H,23,25)/t20-/m1/s1. The number of benzene rings is 1. The molecule has 0 radical (unpaired) electrons. The van der Waals surface area contributed by atoms with Crippen LogP contribution in [0.15, 0.2) is 53.1 Å². The number of morpholine rings is 1. The minimum atomic E-state index is -0.251. The number of methoxy groups -OCH3 is 1. The van der Waals surface area contributed by atoms with Gasteiger partial charge in [0.25, 0.3) is 5.91 Å². The molecule has 1 aliphatic heterocycles. The number of amides is 1. The summed E-state index contributed by atoms with van der Waals surface area (Å²) < 4.78 is 16.5. The zero-order chi connectivity index (χ0) is 20.2. The van der Waals surface area contributed by atoms with Crippen molar-refractivity contribution in [2.75, 3.05) is 38.7 Å². The van der Waals surface area contributed by atoms with Crippen LogP contribution in [0.25, 0.3) is 0 Å². The predicted molar refractivity (Wildman–Crippen MR) is 113 cm³/mol. The van der Waals surface area contributed by atoms with Gasteiger partial charge in [-0.3, -0.25) is 9.69 Å². The van der Waals surface area contributed by atoms with Gasteiger partial charge < -0.3 is 19.2 Å². The summed E-state index contributed by atoms with van der Waals surface area (Å²) in [6.07, 6.45) is 1.50. The monoisotopic (exact) mass is 412 g/mol. The molecule has 152 valence electrons. The van der Waals surface area contributed by atoms with Crippen molar-refractivity contribution in [3.8, 4) is 5.75 Å². The minimum Gasteiger partial charge on any atom is -0.496 e. The Balaban J connectivity index is 1.75. The van der Waals surface area contributed by atoms with Gasteiger partial charge in [0.15, 0.2) is 5.76 Å². The molecule has 4 rings (SSSR count). The molecule has 6 nitrogen and oxygen atoms in total. The van der Waals surface area contributed by atoms with Crippen LogP contribution in [0.3, 0.4) is 0 Å². The van der Waals surface area contributed by atoms with E-state index >= 15 is 0 Å². The molecule has 1 fully saturated rings. The first-order valence-corrected chi connectivity index (χ1v) is 10.4. The van der Waals surface area contributed by atoms with Gasteiger partial charge in [0, 0.05) is 29.1 Å². The predicted octanol–water partition coefficient (Wildman–Crippen LogP) is 4.33. The zero-order valence-corrected chi connectivity index (χ0v) is 17.3.